The molecule has 1 aromatic rings. The van der Waals surface area contributed by atoms with E-state index in [0.717, 1.165) is 25.5 Å². The quantitative estimate of drug-likeness (QED) is 0.520. The minimum Gasteiger partial charge on any atom is -0.310 e. The Labute approximate surface area is 130 Å². The van der Waals surface area contributed by atoms with Gasteiger partial charge in [0.15, 0.2) is 0 Å². The van der Waals surface area contributed by atoms with Crippen LogP contribution in [-0.2, 0) is 13.1 Å². The van der Waals surface area contributed by atoms with Gasteiger partial charge in [0.25, 0.3) is 0 Å². The summed E-state index contributed by atoms with van der Waals surface area (Å²) >= 11 is 0. The molecule has 1 rings (SSSR count). The van der Waals surface area contributed by atoms with Crippen LogP contribution in [0, 0.1) is 0 Å². The number of hydrogen-bond acceptors (Lipinski definition) is 3. The van der Waals surface area contributed by atoms with E-state index < -0.39 is 0 Å². The molecule has 0 amide bonds. The highest BCUT2D eigenvalue weighted by Crippen LogP contribution is 2.11. The molecular formula is C17H34N4. The molecule has 0 aromatic carbocycles. The van der Waals surface area contributed by atoms with Gasteiger partial charge in [0.1, 0.15) is 12.2 Å². The summed E-state index contributed by atoms with van der Waals surface area (Å²) in [6.07, 6.45) is 15.4. The van der Waals surface area contributed by atoms with E-state index in [1.165, 1.54) is 64.2 Å². The van der Waals surface area contributed by atoms with E-state index in [9.17, 15) is 0 Å². The van der Waals surface area contributed by atoms with Gasteiger partial charge in [-0.25, -0.2) is 9.67 Å². The Balaban J connectivity index is 1.95. The Kier molecular flexibility index (Phi) is 11.1. The van der Waals surface area contributed by atoms with Gasteiger partial charge in [-0.2, -0.15) is 5.10 Å². The average molecular weight is 294 g/mol. The third-order valence-corrected chi connectivity index (χ3v) is 3.95. The minimum absolute atomic E-state index is 0.828. The number of unbranched alkanes of at least 4 members (excludes halogenated alkanes) is 9. The molecule has 0 fully saturated rings. The Bertz CT molecular complexity index is 335. The molecule has 0 radical (unpaired) electrons. The minimum atomic E-state index is 0.828. The Hall–Kier alpha value is -0.900. The third-order valence-electron chi connectivity index (χ3n) is 3.95. The number of hydrogen-bond donors (Lipinski definition) is 1. The summed E-state index contributed by atoms with van der Waals surface area (Å²) in [5.41, 5.74) is 0. The second kappa shape index (κ2) is 12.8. The summed E-state index contributed by atoms with van der Waals surface area (Å²) in [5, 5.41) is 7.62. The van der Waals surface area contributed by atoms with Gasteiger partial charge in [-0.15, -0.1) is 0 Å². The topological polar surface area (TPSA) is 42.7 Å². The summed E-state index contributed by atoms with van der Waals surface area (Å²) in [6, 6.07) is 0. The van der Waals surface area contributed by atoms with Gasteiger partial charge in [-0.1, -0.05) is 71.6 Å². The lowest BCUT2D eigenvalue weighted by atomic mass is 10.1. The number of nitrogens with one attached hydrogen (secondary N) is 1. The fourth-order valence-corrected chi connectivity index (χ4v) is 2.60. The normalized spacial score (nSPS) is 11.1. The largest absolute Gasteiger partial charge is 0.310 e. The van der Waals surface area contributed by atoms with Crippen molar-refractivity contribution >= 4 is 0 Å². The van der Waals surface area contributed by atoms with Crippen LogP contribution >= 0.6 is 0 Å². The molecule has 0 saturated carbocycles. The summed E-state index contributed by atoms with van der Waals surface area (Å²) in [4.78, 5) is 4.31. The maximum Gasteiger partial charge on any atom is 0.140 e. The van der Waals surface area contributed by atoms with Crippen LogP contribution in [0.15, 0.2) is 6.33 Å². The first kappa shape index (κ1) is 18.1. The number of nitrogens with zero attached hydrogens (tertiary/aromatic N) is 3. The van der Waals surface area contributed by atoms with Crippen LogP contribution < -0.4 is 5.32 Å². The van der Waals surface area contributed by atoms with Crippen LogP contribution in [0.1, 0.15) is 83.9 Å². The van der Waals surface area contributed by atoms with Gasteiger partial charge in [0.05, 0.1) is 6.54 Å². The molecule has 4 heteroatoms. The third kappa shape index (κ3) is 8.86. The van der Waals surface area contributed by atoms with Crippen molar-refractivity contribution in [2.75, 3.05) is 6.54 Å². The lowest BCUT2D eigenvalue weighted by Crippen LogP contribution is -2.17. The van der Waals surface area contributed by atoms with Crippen molar-refractivity contribution in [1.82, 2.24) is 20.1 Å². The molecule has 122 valence electrons. The van der Waals surface area contributed by atoms with Crippen molar-refractivity contribution in [3.8, 4) is 0 Å². The van der Waals surface area contributed by atoms with Gasteiger partial charge >= 0.3 is 0 Å². The number of aromatic nitrogens is 3. The van der Waals surface area contributed by atoms with Gasteiger partial charge in [0, 0.05) is 6.54 Å². The second-order valence-corrected chi connectivity index (χ2v) is 5.86. The molecular weight excluding hydrogens is 260 g/mol. The number of aryl methyl sites for hydroxylation is 1. The first-order valence-electron chi connectivity index (χ1n) is 8.95. The molecule has 0 aliphatic heterocycles. The van der Waals surface area contributed by atoms with E-state index in [1.807, 2.05) is 4.68 Å². The van der Waals surface area contributed by atoms with Gasteiger partial charge in [-0.05, 0) is 13.0 Å². The van der Waals surface area contributed by atoms with E-state index in [2.05, 4.69) is 29.2 Å². The predicted octanol–water partition coefficient (Wildman–Crippen LogP) is 4.31. The SMILES string of the molecule is CCCCCCCCCCCCn1ncnc1CNCC. The van der Waals surface area contributed by atoms with Crippen LogP contribution in [0.5, 0.6) is 0 Å². The Morgan fingerprint density at radius 2 is 1.52 bits per heavy atom. The molecule has 1 heterocycles. The lowest BCUT2D eigenvalue weighted by molar-refractivity contribution is 0.496. The van der Waals surface area contributed by atoms with Crippen LogP contribution in [0.2, 0.25) is 0 Å². The molecule has 0 saturated heterocycles. The van der Waals surface area contributed by atoms with Crippen molar-refractivity contribution in [2.24, 2.45) is 0 Å². The van der Waals surface area contributed by atoms with Gasteiger partial charge in [0.2, 0.25) is 0 Å². The van der Waals surface area contributed by atoms with Crippen LogP contribution in [-0.4, -0.2) is 21.3 Å². The van der Waals surface area contributed by atoms with Crippen molar-refractivity contribution in [3.63, 3.8) is 0 Å². The highest BCUT2D eigenvalue weighted by atomic mass is 15.3. The molecule has 0 unspecified atom stereocenters. The first-order valence-corrected chi connectivity index (χ1v) is 8.95. The molecule has 1 N–H and O–H groups in total. The maximum absolute atomic E-state index is 4.31. The average Bonchev–Trinajstić information content (AvgIpc) is 2.94. The van der Waals surface area contributed by atoms with E-state index in [-0.39, 0.29) is 0 Å². The predicted molar refractivity (Wildman–Crippen MR) is 89.2 cm³/mol. The van der Waals surface area contributed by atoms with Crippen LogP contribution in [0.3, 0.4) is 0 Å². The fourth-order valence-electron chi connectivity index (χ4n) is 2.60. The van der Waals surface area contributed by atoms with Crippen molar-refractivity contribution in [2.45, 2.75) is 91.1 Å². The van der Waals surface area contributed by atoms with Crippen molar-refractivity contribution in [1.29, 1.82) is 0 Å². The molecule has 0 atom stereocenters. The summed E-state index contributed by atoms with van der Waals surface area (Å²) in [5.74, 6) is 1.06. The van der Waals surface area contributed by atoms with Gasteiger partial charge in [-0.3, -0.25) is 0 Å². The summed E-state index contributed by atoms with van der Waals surface area (Å²) in [7, 11) is 0. The first-order chi connectivity index (χ1) is 10.4. The zero-order valence-corrected chi connectivity index (χ0v) is 14.1. The monoisotopic (exact) mass is 294 g/mol. The zero-order chi connectivity index (χ0) is 15.2. The van der Waals surface area contributed by atoms with E-state index in [1.54, 1.807) is 6.33 Å². The molecule has 0 bridgehead atoms. The van der Waals surface area contributed by atoms with Crippen molar-refractivity contribution in [3.05, 3.63) is 12.2 Å². The highest BCUT2D eigenvalue weighted by Gasteiger charge is 2.02. The fraction of sp³-hybridized carbons (Fsp3) is 0.882. The Morgan fingerprint density at radius 1 is 0.905 bits per heavy atom. The second-order valence-electron chi connectivity index (χ2n) is 5.86. The molecule has 0 spiro atoms. The van der Waals surface area contributed by atoms with Crippen molar-refractivity contribution < 1.29 is 0 Å². The van der Waals surface area contributed by atoms with Crippen LogP contribution in [0.4, 0.5) is 0 Å². The smallest absolute Gasteiger partial charge is 0.140 e. The molecule has 21 heavy (non-hydrogen) atoms. The maximum atomic E-state index is 4.31. The zero-order valence-electron chi connectivity index (χ0n) is 14.1. The summed E-state index contributed by atoms with van der Waals surface area (Å²) in [6.45, 7) is 7.21. The van der Waals surface area contributed by atoms with Crippen LogP contribution in [0.25, 0.3) is 0 Å². The molecule has 0 aliphatic carbocycles. The highest BCUT2D eigenvalue weighted by molar-refractivity contribution is 4.83. The van der Waals surface area contributed by atoms with E-state index in [4.69, 9.17) is 0 Å². The van der Waals surface area contributed by atoms with Gasteiger partial charge < -0.3 is 5.32 Å². The standard InChI is InChI=1S/C17H34N4/c1-3-5-6-7-8-9-10-11-12-13-14-21-17(15-18-4-2)19-16-20-21/h16,18H,3-15H2,1-2H3. The molecule has 1 aromatic heterocycles. The lowest BCUT2D eigenvalue weighted by Gasteiger charge is -2.06. The molecule has 4 nitrogen and oxygen atoms in total. The van der Waals surface area contributed by atoms with E-state index in [0.29, 0.717) is 0 Å². The van der Waals surface area contributed by atoms with E-state index >= 15 is 0 Å². The Morgan fingerprint density at radius 3 is 2.14 bits per heavy atom. The number of rotatable bonds is 14. The summed E-state index contributed by atoms with van der Waals surface area (Å²) < 4.78 is 2.05. The molecule has 0 aliphatic rings.